The van der Waals surface area contributed by atoms with Crippen molar-refractivity contribution in [2.75, 3.05) is 31.2 Å². The molecule has 0 amide bonds. The van der Waals surface area contributed by atoms with E-state index in [-0.39, 0.29) is 0 Å². The lowest BCUT2D eigenvalue weighted by Crippen LogP contribution is -2.32. The van der Waals surface area contributed by atoms with Crippen molar-refractivity contribution < 1.29 is 0 Å². The topological polar surface area (TPSA) is 67.1 Å². The summed E-state index contributed by atoms with van der Waals surface area (Å²) in [4.78, 5) is 11.2. The van der Waals surface area contributed by atoms with E-state index in [0.29, 0.717) is 11.9 Å². The predicted octanol–water partition coefficient (Wildman–Crippen LogP) is 1.44. The molecule has 100 valence electrons. The molecule has 0 radical (unpaired) electrons. The Balaban J connectivity index is 2.06. The third kappa shape index (κ3) is 2.72. The first-order chi connectivity index (χ1) is 8.61. The maximum Gasteiger partial charge on any atom is 0.134 e. The lowest BCUT2D eigenvalue weighted by molar-refractivity contribution is 0.322. The van der Waals surface area contributed by atoms with Crippen molar-refractivity contribution in [3.05, 3.63) is 11.4 Å². The molecule has 0 bridgehead atoms. The zero-order chi connectivity index (χ0) is 13.1. The zero-order valence-electron chi connectivity index (χ0n) is 11.5. The Bertz CT molecular complexity index is 418. The van der Waals surface area contributed by atoms with E-state index in [0.717, 1.165) is 30.2 Å². The molecule has 0 aliphatic carbocycles. The number of rotatable bonds is 4. The van der Waals surface area contributed by atoms with Gasteiger partial charge in [0.25, 0.3) is 0 Å². The minimum absolute atomic E-state index is 0.587. The second-order valence-corrected chi connectivity index (χ2v) is 5.01. The molecule has 3 N–H and O–H groups in total. The fourth-order valence-electron chi connectivity index (χ4n) is 2.36. The van der Waals surface area contributed by atoms with Crippen molar-refractivity contribution in [1.82, 2.24) is 14.9 Å². The van der Waals surface area contributed by atoms with E-state index in [4.69, 9.17) is 5.73 Å². The molecule has 2 heterocycles. The maximum absolute atomic E-state index is 5.91. The molecule has 2 rings (SSSR count). The summed E-state index contributed by atoms with van der Waals surface area (Å²) in [6, 6.07) is 0.602. The fraction of sp³-hybridized carbons (Fsp3) is 0.692. The van der Waals surface area contributed by atoms with Gasteiger partial charge < -0.3 is 16.0 Å². The molecule has 0 spiro atoms. The van der Waals surface area contributed by atoms with Gasteiger partial charge in [-0.2, -0.15) is 0 Å². The van der Waals surface area contributed by atoms with Gasteiger partial charge in [0, 0.05) is 24.6 Å². The highest BCUT2D eigenvalue weighted by Crippen LogP contribution is 2.19. The number of likely N-dealkylation sites (N-methyl/N-ethyl adjacent to an activating group) is 1. The second kappa shape index (κ2) is 5.52. The van der Waals surface area contributed by atoms with Crippen molar-refractivity contribution in [3.63, 3.8) is 0 Å². The molecule has 5 heteroatoms. The van der Waals surface area contributed by atoms with Crippen LogP contribution in [0.15, 0.2) is 0 Å². The van der Waals surface area contributed by atoms with Crippen LogP contribution in [0.1, 0.15) is 31.2 Å². The average molecular weight is 249 g/mol. The summed E-state index contributed by atoms with van der Waals surface area (Å²) in [6.45, 7) is 6.13. The number of aryl methyl sites for hydroxylation is 1. The van der Waals surface area contributed by atoms with Crippen LogP contribution in [0.2, 0.25) is 0 Å². The molecule has 18 heavy (non-hydrogen) atoms. The van der Waals surface area contributed by atoms with Crippen LogP contribution in [0, 0.1) is 6.92 Å². The van der Waals surface area contributed by atoms with Gasteiger partial charge in [-0.3, -0.25) is 0 Å². The monoisotopic (exact) mass is 249 g/mol. The molecule has 1 fully saturated rings. The van der Waals surface area contributed by atoms with Crippen LogP contribution in [0.5, 0.6) is 0 Å². The Morgan fingerprint density at radius 2 is 2.22 bits per heavy atom. The highest BCUT2D eigenvalue weighted by molar-refractivity contribution is 5.54. The summed E-state index contributed by atoms with van der Waals surface area (Å²) in [5, 5.41) is 3.43. The van der Waals surface area contributed by atoms with Gasteiger partial charge in [-0.05, 0) is 33.4 Å². The molecule has 0 saturated carbocycles. The van der Waals surface area contributed by atoms with Crippen LogP contribution in [-0.4, -0.2) is 41.0 Å². The average Bonchev–Trinajstić information content (AvgIpc) is 2.76. The summed E-state index contributed by atoms with van der Waals surface area (Å²) in [5.41, 5.74) is 6.86. The van der Waals surface area contributed by atoms with Crippen molar-refractivity contribution in [2.45, 2.75) is 39.2 Å². The Morgan fingerprint density at radius 3 is 2.83 bits per heavy atom. The van der Waals surface area contributed by atoms with Gasteiger partial charge in [-0.15, -0.1) is 0 Å². The van der Waals surface area contributed by atoms with Crippen LogP contribution >= 0.6 is 0 Å². The van der Waals surface area contributed by atoms with E-state index < -0.39 is 0 Å². The third-order valence-corrected chi connectivity index (χ3v) is 3.72. The number of likely N-dealkylation sites (tertiary alicyclic amines) is 1. The summed E-state index contributed by atoms with van der Waals surface area (Å²) in [6.07, 6.45) is 3.35. The van der Waals surface area contributed by atoms with E-state index in [1.165, 1.54) is 19.4 Å². The van der Waals surface area contributed by atoms with E-state index in [1.807, 2.05) is 13.8 Å². The largest absolute Gasteiger partial charge is 0.383 e. The van der Waals surface area contributed by atoms with Crippen molar-refractivity contribution in [3.8, 4) is 0 Å². The number of nitrogens with one attached hydrogen (secondary N) is 1. The SMILES string of the molecule is CCc1nc(N)c(C)c(NCC2CCCN2C)n1. The van der Waals surface area contributed by atoms with Crippen molar-refractivity contribution >= 4 is 11.6 Å². The molecular formula is C13H23N5. The second-order valence-electron chi connectivity index (χ2n) is 5.01. The highest BCUT2D eigenvalue weighted by Gasteiger charge is 2.20. The first-order valence-corrected chi connectivity index (χ1v) is 6.69. The molecule has 5 nitrogen and oxygen atoms in total. The summed E-state index contributed by atoms with van der Waals surface area (Å²) in [5.74, 6) is 2.28. The molecule has 1 aliphatic rings. The first-order valence-electron chi connectivity index (χ1n) is 6.69. The highest BCUT2D eigenvalue weighted by atomic mass is 15.2. The van der Waals surface area contributed by atoms with Gasteiger partial charge in [0.05, 0.1) is 0 Å². The van der Waals surface area contributed by atoms with Gasteiger partial charge >= 0.3 is 0 Å². The van der Waals surface area contributed by atoms with Crippen LogP contribution in [0.3, 0.4) is 0 Å². The van der Waals surface area contributed by atoms with Gasteiger partial charge in [0.1, 0.15) is 17.5 Å². The summed E-state index contributed by atoms with van der Waals surface area (Å²) in [7, 11) is 2.18. The zero-order valence-corrected chi connectivity index (χ0v) is 11.5. The predicted molar refractivity (Wildman–Crippen MR) is 74.7 cm³/mol. The lowest BCUT2D eigenvalue weighted by Gasteiger charge is -2.21. The fourth-order valence-corrected chi connectivity index (χ4v) is 2.36. The number of aromatic nitrogens is 2. The van der Waals surface area contributed by atoms with E-state index >= 15 is 0 Å². The standard InChI is InChI=1S/C13H23N5/c1-4-11-16-12(14)9(2)13(17-11)15-8-10-6-5-7-18(10)3/h10H,4-8H2,1-3H3,(H3,14,15,16,17). The summed E-state index contributed by atoms with van der Waals surface area (Å²) < 4.78 is 0. The lowest BCUT2D eigenvalue weighted by atomic mass is 10.2. The van der Waals surface area contributed by atoms with Crippen LogP contribution < -0.4 is 11.1 Å². The number of nitrogens with two attached hydrogens (primary N) is 1. The van der Waals surface area contributed by atoms with Gasteiger partial charge in [0.2, 0.25) is 0 Å². The molecule has 0 aromatic carbocycles. The van der Waals surface area contributed by atoms with Gasteiger partial charge in [-0.1, -0.05) is 6.92 Å². The third-order valence-electron chi connectivity index (χ3n) is 3.72. The van der Waals surface area contributed by atoms with Gasteiger partial charge in [0.15, 0.2) is 0 Å². The quantitative estimate of drug-likeness (QED) is 0.845. The normalized spacial score (nSPS) is 20.3. The number of anilines is 2. The number of nitrogen functional groups attached to an aromatic ring is 1. The van der Waals surface area contributed by atoms with Crippen LogP contribution in [-0.2, 0) is 6.42 Å². The number of nitrogens with zero attached hydrogens (tertiary/aromatic N) is 3. The van der Waals surface area contributed by atoms with Crippen LogP contribution in [0.25, 0.3) is 0 Å². The Labute approximate surface area is 109 Å². The molecule has 1 atom stereocenters. The minimum Gasteiger partial charge on any atom is -0.383 e. The Morgan fingerprint density at radius 1 is 1.44 bits per heavy atom. The Hall–Kier alpha value is -1.36. The van der Waals surface area contributed by atoms with Crippen molar-refractivity contribution in [1.29, 1.82) is 0 Å². The maximum atomic E-state index is 5.91. The number of hydrogen-bond acceptors (Lipinski definition) is 5. The van der Waals surface area contributed by atoms with E-state index in [1.54, 1.807) is 0 Å². The minimum atomic E-state index is 0.587. The molecular weight excluding hydrogens is 226 g/mol. The van der Waals surface area contributed by atoms with Crippen LogP contribution in [0.4, 0.5) is 11.6 Å². The summed E-state index contributed by atoms with van der Waals surface area (Å²) >= 11 is 0. The molecule has 1 aliphatic heterocycles. The molecule has 1 unspecified atom stereocenters. The van der Waals surface area contributed by atoms with E-state index in [9.17, 15) is 0 Å². The Kier molecular flexibility index (Phi) is 4.01. The molecule has 1 aromatic rings. The van der Waals surface area contributed by atoms with Gasteiger partial charge in [-0.25, -0.2) is 9.97 Å². The van der Waals surface area contributed by atoms with Crippen molar-refractivity contribution in [2.24, 2.45) is 0 Å². The molecule has 1 aromatic heterocycles. The van der Waals surface area contributed by atoms with E-state index in [2.05, 4.69) is 27.2 Å². The number of hydrogen-bond donors (Lipinski definition) is 2. The first kappa shape index (κ1) is 13.1. The smallest absolute Gasteiger partial charge is 0.134 e. The molecule has 1 saturated heterocycles.